The quantitative estimate of drug-likeness (QED) is 0.631. The van der Waals surface area contributed by atoms with Gasteiger partial charge < -0.3 is 14.5 Å². The third-order valence-electron chi connectivity index (χ3n) is 4.60. The average Bonchev–Trinajstić information content (AvgIpc) is 3.09. The van der Waals surface area contributed by atoms with Crippen LogP contribution in [0.5, 0.6) is 5.75 Å². The SMILES string of the molecule is CCc1cc(C#N)c(NC(=O)CCc2c(C)c3ccc(OC)cc3oc2=O)s1. The smallest absolute Gasteiger partial charge is 0.339 e. The van der Waals surface area contributed by atoms with Crippen LogP contribution in [0.4, 0.5) is 5.00 Å². The monoisotopic (exact) mass is 396 g/mol. The predicted molar refractivity (Wildman–Crippen MR) is 109 cm³/mol. The van der Waals surface area contributed by atoms with E-state index >= 15 is 0 Å². The minimum absolute atomic E-state index is 0.123. The van der Waals surface area contributed by atoms with Gasteiger partial charge in [0.25, 0.3) is 0 Å². The lowest BCUT2D eigenvalue weighted by atomic mass is 10.0. The van der Waals surface area contributed by atoms with E-state index in [4.69, 9.17) is 9.15 Å². The van der Waals surface area contributed by atoms with E-state index in [0.717, 1.165) is 22.2 Å². The van der Waals surface area contributed by atoms with Crippen LogP contribution < -0.4 is 15.7 Å². The van der Waals surface area contributed by atoms with Crippen LogP contribution >= 0.6 is 11.3 Å². The van der Waals surface area contributed by atoms with Crippen molar-refractivity contribution in [2.24, 2.45) is 0 Å². The summed E-state index contributed by atoms with van der Waals surface area (Å²) in [7, 11) is 1.55. The Bertz CT molecular complexity index is 1140. The second-order valence-corrected chi connectivity index (χ2v) is 7.46. The number of anilines is 1. The molecule has 7 heteroatoms. The maximum Gasteiger partial charge on any atom is 0.339 e. The van der Waals surface area contributed by atoms with Gasteiger partial charge in [-0.2, -0.15) is 5.26 Å². The summed E-state index contributed by atoms with van der Waals surface area (Å²) in [4.78, 5) is 25.8. The van der Waals surface area contributed by atoms with Crippen molar-refractivity contribution in [2.45, 2.75) is 33.1 Å². The number of nitrogens with zero attached hydrogens (tertiary/aromatic N) is 1. The van der Waals surface area contributed by atoms with E-state index in [2.05, 4.69) is 11.4 Å². The number of fused-ring (bicyclic) bond motifs is 1. The summed E-state index contributed by atoms with van der Waals surface area (Å²) in [5.74, 6) is 0.368. The zero-order valence-electron chi connectivity index (χ0n) is 15.9. The summed E-state index contributed by atoms with van der Waals surface area (Å²) in [6, 6.07) is 9.20. The lowest BCUT2D eigenvalue weighted by Gasteiger charge is -2.09. The zero-order valence-corrected chi connectivity index (χ0v) is 16.7. The van der Waals surface area contributed by atoms with Crippen LogP contribution in [0.25, 0.3) is 11.0 Å². The summed E-state index contributed by atoms with van der Waals surface area (Å²) in [5.41, 5.74) is 1.75. The van der Waals surface area contributed by atoms with Crippen molar-refractivity contribution in [1.29, 1.82) is 5.26 Å². The Labute approximate surface area is 166 Å². The molecule has 3 rings (SSSR count). The Morgan fingerprint density at radius 1 is 1.36 bits per heavy atom. The number of hydrogen-bond donors (Lipinski definition) is 1. The molecule has 144 valence electrons. The van der Waals surface area contributed by atoms with Crippen LogP contribution in [0.2, 0.25) is 0 Å². The minimum Gasteiger partial charge on any atom is -0.497 e. The first-order valence-electron chi connectivity index (χ1n) is 8.89. The van der Waals surface area contributed by atoms with Crippen LogP contribution in [0.1, 0.15) is 34.9 Å². The maximum absolute atomic E-state index is 12.4. The highest BCUT2D eigenvalue weighted by Crippen LogP contribution is 2.28. The summed E-state index contributed by atoms with van der Waals surface area (Å²) in [5, 5.41) is 13.4. The Hall–Kier alpha value is -3.11. The fourth-order valence-corrected chi connectivity index (χ4v) is 3.97. The number of thiophene rings is 1. The van der Waals surface area contributed by atoms with E-state index in [0.29, 0.717) is 27.5 Å². The molecular weight excluding hydrogens is 376 g/mol. The Morgan fingerprint density at radius 2 is 2.14 bits per heavy atom. The molecule has 1 aromatic carbocycles. The highest BCUT2D eigenvalue weighted by molar-refractivity contribution is 7.16. The molecule has 0 aliphatic carbocycles. The van der Waals surface area contributed by atoms with Crippen LogP contribution in [-0.4, -0.2) is 13.0 Å². The van der Waals surface area contributed by atoms with E-state index in [-0.39, 0.29) is 18.7 Å². The van der Waals surface area contributed by atoms with Crippen LogP contribution in [0, 0.1) is 18.3 Å². The molecule has 0 spiro atoms. The first-order valence-corrected chi connectivity index (χ1v) is 9.71. The van der Waals surface area contributed by atoms with Crippen LogP contribution in [-0.2, 0) is 17.6 Å². The zero-order chi connectivity index (χ0) is 20.3. The van der Waals surface area contributed by atoms with Gasteiger partial charge in [0.15, 0.2) is 0 Å². The first-order chi connectivity index (χ1) is 13.5. The van der Waals surface area contributed by atoms with Gasteiger partial charge in [0.2, 0.25) is 5.91 Å². The third-order valence-corrected chi connectivity index (χ3v) is 5.80. The fourth-order valence-electron chi connectivity index (χ4n) is 3.01. The number of methoxy groups -OCH3 is 1. The number of carbonyl (C=O) groups is 1. The summed E-state index contributed by atoms with van der Waals surface area (Å²) in [6.07, 6.45) is 1.19. The van der Waals surface area contributed by atoms with Gasteiger partial charge >= 0.3 is 5.63 Å². The summed E-state index contributed by atoms with van der Waals surface area (Å²) >= 11 is 1.40. The number of nitrogens with one attached hydrogen (secondary N) is 1. The largest absolute Gasteiger partial charge is 0.497 e. The van der Waals surface area contributed by atoms with Crippen molar-refractivity contribution in [3.8, 4) is 11.8 Å². The molecule has 0 saturated carbocycles. The highest BCUT2D eigenvalue weighted by Gasteiger charge is 2.15. The molecule has 3 aromatic rings. The molecule has 0 saturated heterocycles. The number of ether oxygens (including phenoxy) is 1. The van der Waals surface area contributed by atoms with Crippen molar-refractivity contribution < 1.29 is 13.9 Å². The second kappa shape index (κ2) is 8.28. The van der Waals surface area contributed by atoms with Crippen molar-refractivity contribution in [3.63, 3.8) is 0 Å². The Balaban J connectivity index is 1.78. The molecule has 0 fully saturated rings. The van der Waals surface area contributed by atoms with Crippen LogP contribution in [0.15, 0.2) is 33.5 Å². The third kappa shape index (κ3) is 3.92. The number of carbonyl (C=O) groups excluding carboxylic acids is 1. The topological polar surface area (TPSA) is 92.3 Å². The Morgan fingerprint density at radius 3 is 2.82 bits per heavy atom. The molecule has 0 aliphatic heterocycles. The van der Waals surface area contributed by atoms with Gasteiger partial charge in [-0.05, 0) is 43.5 Å². The molecule has 1 N–H and O–H groups in total. The van der Waals surface area contributed by atoms with E-state index in [1.165, 1.54) is 11.3 Å². The van der Waals surface area contributed by atoms with Crippen LogP contribution in [0.3, 0.4) is 0 Å². The lowest BCUT2D eigenvalue weighted by molar-refractivity contribution is -0.116. The van der Waals surface area contributed by atoms with E-state index in [1.807, 2.05) is 19.9 Å². The molecule has 6 nitrogen and oxygen atoms in total. The average molecular weight is 396 g/mol. The molecule has 0 bridgehead atoms. The van der Waals surface area contributed by atoms with E-state index < -0.39 is 5.63 Å². The molecular formula is C21H20N2O4S. The van der Waals surface area contributed by atoms with Gasteiger partial charge in [0.1, 0.15) is 22.4 Å². The summed E-state index contributed by atoms with van der Waals surface area (Å²) in [6.45, 7) is 3.84. The molecule has 0 atom stereocenters. The number of amides is 1. The molecule has 28 heavy (non-hydrogen) atoms. The minimum atomic E-state index is -0.451. The van der Waals surface area contributed by atoms with Gasteiger partial charge in [0.05, 0.1) is 12.7 Å². The Kier molecular flexibility index (Phi) is 5.81. The molecule has 2 heterocycles. The summed E-state index contributed by atoms with van der Waals surface area (Å²) < 4.78 is 10.6. The number of hydrogen-bond acceptors (Lipinski definition) is 6. The predicted octanol–water partition coefficient (Wildman–Crippen LogP) is 4.18. The molecule has 1 amide bonds. The second-order valence-electron chi connectivity index (χ2n) is 6.32. The van der Waals surface area contributed by atoms with Gasteiger partial charge in [-0.15, -0.1) is 11.3 Å². The van der Waals surface area contributed by atoms with Gasteiger partial charge in [-0.25, -0.2) is 4.79 Å². The number of rotatable bonds is 6. The lowest BCUT2D eigenvalue weighted by Crippen LogP contribution is -2.16. The fraction of sp³-hybridized carbons (Fsp3) is 0.286. The van der Waals surface area contributed by atoms with Gasteiger partial charge in [-0.1, -0.05) is 6.92 Å². The van der Waals surface area contributed by atoms with Gasteiger partial charge in [0, 0.05) is 28.3 Å². The van der Waals surface area contributed by atoms with E-state index in [1.54, 1.807) is 25.3 Å². The number of benzene rings is 1. The maximum atomic E-state index is 12.4. The molecule has 0 unspecified atom stereocenters. The van der Waals surface area contributed by atoms with Crippen molar-refractivity contribution in [1.82, 2.24) is 0 Å². The number of nitriles is 1. The molecule has 2 aromatic heterocycles. The van der Waals surface area contributed by atoms with Gasteiger partial charge in [-0.3, -0.25) is 4.79 Å². The highest BCUT2D eigenvalue weighted by atomic mass is 32.1. The molecule has 0 radical (unpaired) electrons. The first kappa shape index (κ1) is 19.6. The van der Waals surface area contributed by atoms with Crippen molar-refractivity contribution >= 4 is 33.2 Å². The van der Waals surface area contributed by atoms with Crippen molar-refractivity contribution in [2.75, 3.05) is 12.4 Å². The van der Waals surface area contributed by atoms with Crippen molar-refractivity contribution in [3.05, 3.63) is 56.3 Å². The molecule has 0 aliphatic rings. The van der Waals surface area contributed by atoms with E-state index in [9.17, 15) is 14.9 Å². The number of aryl methyl sites for hydroxylation is 2. The normalized spacial score (nSPS) is 10.6. The standard InChI is InChI=1S/C21H20N2O4S/c1-4-15-9-13(11-22)20(28-15)23-19(24)8-7-17-12(2)16-6-5-14(26-3)10-18(16)27-21(17)25/h5-6,9-10H,4,7-8H2,1-3H3,(H,23,24).